The van der Waals surface area contributed by atoms with Gasteiger partial charge in [-0.25, -0.2) is 9.97 Å². The maximum absolute atomic E-state index is 12.3. The molecule has 0 saturated heterocycles. The fourth-order valence-electron chi connectivity index (χ4n) is 1.83. The molecule has 22 heavy (non-hydrogen) atoms. The standard InChI is InChI=1S/C15H18ClN3O2S/c1-9(2)13-17-7-10(16)12(19-13)14(20)18-8-15(3,21)11-5-4-6-22-11/h4-7,9,21H,8H2,1-3H3,(H,18,20). The fourth-order valence-corrected chi connectivity index (χ4v) is 2.79. The first-order valence-corrected chi connectivity index (χ1v) is 8.14. The molecule has 1 unspecified atom stereocenters. The van der Waals surface area contributed by atoms with Crippen LogP contribution in [0.15, 0.2) is 23.7 Å². The molecule has 2 rings (SSSR count). The van der Waals surface area contributed by atoms with Crippen molar-refractivity contribution in [2.24, 2.45) is 0 Å². The van der Waals surface area contributed by atoms with Crippen LogP contribution in [0.3, 0.4) is 0 Å². The van der Waals surface area contributed by atoms with Crippen molar-refractivity contribution in [3.8, 4) is 0 Å². The summed E-state index contributed by atoms with van der Waals surface area (Å²) in [6.45, 7) is 5.60. The molecule has 0 bridgehead atoms. The van der Waals surface area contributed by atoms with Gasteiger partial charge in [0.2, 0.25) is 0 Å². The van der Waals surface area contributed by atoms with E-state index in [9.17, 15) is 9.90 Å². The number of amides is 1. The SMILES string of the molecule is CC(C)c1ncc(Cl)c(C(=O)NCC(C)(O)c2cccs2)n1. The number of rotatable bonds is 5. The zero-order chi connectivity index (χ0) is 16.3. The van der Waals surface area contributed by atoms with Crippen LogP contribution in [0.25, 0.3) is 0 Å². The summed E-state index contributed by atoms with van der Waals surface area (Å²) >= 11 is 7.43. The van der Waals surface area contributed by atoms with E-state index >= 15 is 0 Å². The second-order valence-corrected chi connectivity index (χ2v) is 6.87. The zero-order valence-corrected chi connectivity index (χ0v) is 14.2. The first kappa shape index (κ1) is 16.9. The van der Waals surface area contributed by atoms with Crippen molar-refractivity contribution in [2.75, 3.05) is 6.54 Å². The number of thiophene rings is 1. The van der Waals surface area contributed by atoms with Gasteiger partial charge in [0.1, 0.15) is 17.1 Å². The summed E-state index contributed by atoms with van der Waals surface area (Å²) in [4.78, 5) is 21.3. The summed E-state index contributed by atoms with van der Waals surface area (Å²) in [5.41, 5.74) is -1.01. The van der Waals surface area contributed by atoms with Gasteiger partial charge in [-0.05, 0) is 18.4 Å². The molecule has 0 aliphatic rings. The fraction of sp³-hybridized carbons (Fsp3) is 0.400. The molecule has 2 aromatic rings. The lowest BCUT2D eigenvalue weighted by atomic mass is 10.1. The number of aliphatic hydroxyl groups is 1. The summed E-state index contributed by atoms with van der Waals surface area (Å²) in [6.07, 6.45) is 1.43. The van der Waals surface area contributed by atoms with Gasteiger partial charge in [-0.3, -0.25) is 4.79 Å². The van der Waals surface area contributed by atoms with Gasteiger partial charge in [-0.1, -0.05) is 31.5 Å². The van der Waals surface area contributed by atoms with E-state index in [-0.39, 0.29) is 23.2 Å². The normalized spacial score (nSPS) is 13.9. The number of nitrogens with zero attached hydrogens (tertiary/aromatic N) is 2. The minimum absolute atomic E-state index is 0.0731. The third-order valence-electron chi connectivity index (χ3n) is 3.14. The first-order chi connectivity index (χ1) is 10.3. The lowest BCUT2D eigenvalue weighted by Crippen LogP contribution is -2.38. The van der Waals surface area contributed by atoms with Crippen molar-refractivity contribution in [1.82, 2.24) is 15.3 Å². The van der Waals surface area contributed by atoms with E-state index in [2.05, 4.69) is 15.3 Å². The Balaban J connectivity index is 2.11. The van der Waals surface area contributed by atoms with Gasteiger partial charge >= 0.3 is 0 Å². The van der Waals surface area contributed by atoms with Crippen LogP contribution >= 0.6 is 22.9 Å². The molecule has 2 N–H and O–H groups in total. The monoisotopic (exact) mass is 339 g/mol. The van der Waals surface area contributed by atoms with Crippen molar-refractivity contribution in [2.45, 2.75) is 32.3 Å². The van der Waals surface area contributed by atoms with Gasteiger partial charge in [0.05, 0.1) is 17.8 Å². The van der Waals surface area contributed by atoms with Crippen LogP contribution in [0.1, 0.15) is 47.9 Å². The van der Waals surface area contributed by atoms with E-state index in [4.69, 9.17) is 11.6 Å². The molecule has 2 aromatic heterocycles. The number of carbonyl (C=O) groups is 1. The smallest absolute Gasteiger partial charge is 0.271 e. The highest BCUT2D eigenvalue weighted by atomic mass is 35.5. The Morgan fingerprint density at radius 2 is 2.27 bits per heavy atom. The molecule has 1 amide bonds. The number of halogens is 1. The van der Waals surface area contributed by atoms with Crippen LogP contribution in [0.5, 0.6) is 0 Å². The van der Waals surface area contributed by atoms with Gasteiger partial charge in [0.15, 0.2) is 0 Å². The molecule has 0 aliphatic heterocycles. The Morgan fingerprint density at radius 1 is 1.55 bits per heavy atom. The number of hydrogen-bond donors (Lipinski definition) is 2. The van der Waals surface area contributed by atoms with Gasteiger partial charge < -0.3 is 10.4 Å². The minimum Gasteiger partial charge on any atom is -0.383 e. The molecule has 0 radical (unpaired) electrons. The summed E-state index contributed by atoms with van der Waals surface area (Å²) in [6, 6.07) is 3.68. The zero-order valence-electron chi connectivity index (χ0n) is 12.6. The van der Waals surface area contributed by atoms with Crippen molar-refractivity contribution < 1.29 is 9.90 Å². The van der Waals surface area contributed by atoms with Crippen molar-refractivity contribution >= 4 is 28.8 Å². The number of carbonyl (C=O) groups excluding carboxylic acids is 1. The van der Waals surface area contributed by atoms with Crippen LogP contribution < -0.4 is 5.32 Å². The second kappa shape index (κ2) is 6.73. The van der Waals surface area contributed by atoms with E-state index in [0.717, 1.165) is 4.88 Å². The van der Waals surface area contributed by atoms with Crippen molar-refractivity contribution in [1.29, 1.82) is 0 Å². The van der Waals surface area contributed by atoms with Crippen LogP contribution in [0.2, 0.25) is 5.02 Å². The topological polar surface area (TPSA) is 75.1 Å². The van der Waals surface area contributed by atoms with Crippen LogP contribution in [-0.4, -0.2) is 27.5 Å². The van der Waals surface area contributed by atoms with E-state index in [0.29, 0.717) is 5.82 Å². The summed E-state index contributed by atoms with van der Waals surface area (Å²) < 4.78 is 0. The average molecular weight is 340 g/mol. The van der Waals surface area contributed by atoms with Crippen LogP contribution in [0.4, 0.5) is 0 Å². The van der Waals surface area contributed by atoms with Crippen LogP contribution in [0, 0.1) is 0 Å². The number of nitrogens with one attached hydrogen (secondary N) is 1. The lowest BCUT2D eigenvalue weighted by Gasteiger charge is -2.22. The third-order valence-corrected chi connectivity index (χ3v) is 4.54. The number of hydrogen-bond acceptors (Lipinski definition) is 5. The molecular weight excluding hydrogens is 322 g/mol. The molecule has 0 aromatic carbocycles. The van der Waals surface area contributed by atoms with E-state index in [1.807, 2.05) is 31.4 Å². The van der Waals surface area contributed by atoms with Gasteiger partial charge in [-0.15, -0.1) is 11.3 Å². The summed E-state index contributed by atoms with van der Waals surface area (Å²) in [5.74, 6) is 0.226. The molecular formula is C15H18ClN3O2S. The highest BCUT2D eigenvalue weighted by Gasteiger charge is 2.26. The molecule has 5 nitrogen and oxygen atoms in total. The highest BCUT2D eigenvalue weighted by molar-refractivity contribution is 7.10. The van der Waals surface area contributed by atoms with Gasteiger partial charge in [0, 0.05) is 10.8 Å². The Labute approximate surface area is 138 Å². The van der Waals surface area contributed by atoms with E-state index in [1.54, 1.807) is 6.92 Å². The van der Waals surface area contributed by atoms with Crippen molar-refractivity contribution in [3.63, 3.8) is 0 Å². The first-order valence-electron chi connectivity index (χ1n) is 6.88. The molecule has 7 heteroatoms. The Kier molecular flexibility index (Phi) is 5.16. The summed E-state index contributed by atoms with van der Waals surface area (Å²) in [5, 5.41) is 15.2. The molecule has 2 heterocycles. The van der Waals surface area contributed by atoms with Crippen LogP contribution in [-0.2, 0) is 5.60 Å². The predicted octanol–water partition coefficient (Wildman–Crippen LogP) is 2.95. The molecule has 0 spiro atoms. The highest BCUT2D eigenvalue weighted by Crippen LogP contribution is 2.24. The third kappa shape index (κ3) is 3.82. The van der Waals surface area contributed by atoms with Crippen molar-refractivity contribution in [3.05, 3.63) is 45.1 Å². The quantitative estimate of drug-likeness (QED) is 0.878. The van der Waals surface area contributed by atoms with Gasteiger partial charge in [-0.2, -0.15) is 0 Å². The summed E-state index contributed by atoms with van der Waals surface area (Å²) in [7, 11) is 0. The average Bonchev–Trinajstić information content (AvgIpc) is 3.00. The predicted molar refractivity (Wildman–Crippen MR) is 87.4 cm³/mol. The second-order valence-electron chi connectivity index (χ2n) is 5.51. The van der Waals surface area contributed by atoms with E-state index < -0.39 is 11.5 Å². The Hall–Kier alpha value is -1.50. The molecule has 0 fully saturated rings. The largest absolute Gasteiger partial charge is 0.383 e. The number of aromatic nitrogens is 2. The molecule has 0 aliphatic carbocycles. The molecule has 1 atom stereocenters. The molecule has 118 valence electrons. The minimum atomic E-state index is -1.13. The maximum Gasteiger partial charge on any atom is 0.271 e. The Morgan fingerprint density at radius 3 is 2.86 bits per heavy atom. The Bertz CT molecular complexity index is 657. The maximum atomic E-state index is 12.3. The molecule has 0 saturated carbocycles. The van der Waals surface area contributed by atoms with Gasteiger partial charge in [0.25, 0.3) is 5.91 Å². The lowest BCUT2D eigenvalue weighted by molar-refractivity contribution is 0.0555. The van der Waals surface area contributed by atoms with E-state index in [1.165, 1.54) is 17.5 Å².